The average Bonchev–Trinajstić information content (AvgIpc) is 3.00. The number of nitrogens with two attached hydrogens (primary N) is 1. The summed E-state index contributed by atoms with van der Waals surface area (Å²) >= 11 is 0. The van der Waals surface area contributed by atoms with E-state index in [1.807, 2.05) is 19.1 Å². The van der Waals surface area contributed by atoms with Crippen LogP contribution < -0.4 is 15.2 Å². The van der Waals surface area contributed by atoms with E-state index >= 15 is 0 Å². The summed E-state index contributed by atoms with van der Waals surface area (Å²) in [6.45, 7) is 8.25. The van der Waals surface area contributed by atoms with Gasteiger partial charge in [-0.05, 0) is 37.8 Å². The van der Waals surface area contributed by atoms with Gasteiger partial charge in [-0.25, -0.2) is 0 Å². The van der Waals surface area contributed by atoms with E-state index in [2.05, 4.69) is 12.6 Å². The third-order valence-corrected chi connectivity index (χ3v) is 3.53. The average molecular weight is 291 g/mol. The molecule has 0 spiro atoms. The molecule has 1 heterocycles. The van der Waals surface area contributed by atoms with Crippen LogP contribution in [0.1, 0.15) is 30.9 Å². The van der Waals surface area contributed by atoms with Crippen molar-refractivity contribution in [2.45, 2.75) is 38.8 Å². The second-order valence-electron chi connectivity index (χ2n) is 5.16. The van der Waals surface area contributed by atoms with Gasteiger partial charge in [0, 0.05) is 18.7 Å². The van der Waals surface area contributed by atoms with Crippen molar-refractivity contribution < 1.29 is 14.2 Å². The predicted molar refractivity (Wildman–Crippen MR) is 83.9 cm³/mol. The zero-order valence-electron chi connectivity index (χ0n) is 12.8. The Labute approximate surface area is 126 Å². The first-order chi connectivity index (χ1) is 10.3. The van der Waals surface area contributed by atoms with Crippen molar-refractivity contribution in [3.8, 4) is 11.5 Å². The van der Waals surface area contributed by atoms with Crippen molar-refractivity contribution in [1.29, 1.82) is 0 Å². The minimum absolute atomic E-state index is 0.185. The molecule has 1 aliphatic rings. The molecule has 0 aliphatic carbocycles. The van der Waals surface area contributed by atoms with E-state index in [-0.39, 0.29) is 6.10 Å². The molecule has 21 heavy (non-hydrogen) atoms. The normalized spacial score (nSPS) is 17.7. The number of hydrogen-bond acceptors (Lipinski definition) is 4. The summed E-state index contributed by atoms with van der Waals surface area (Å²) in [5, 5.41) is 0. The molecule has 0 amide bonds. The van der Waals surface area contributed by atoms with Crippen LogP contribution in [-0.4, -0.2) is 25.9 Å². The van der Waals surface area contributed by atoms with Gasteiger partial charge in [-0.2, -0.15) is 0 Å². The Balaban J connectivity index is 2.22. The Morgan fingerprint density at radius 3 is 2.90 bits per heavy atom. The quantitative estimate of drug-likeness (QED) is 0.748. The van der Waals surface area contributed by atoms with Crippen LogP contribution in [0.2, 0.25) is 0 Å². The minimum atomic E-state index is 0.185. The molecule has 1 aromatic rings. The van der Waals surface area contributed by atoms with Gasteiger partial charge >= 0.3 is 0 Å². The van der Waals surface area contributed by atoms with E-state index < -0.39 is 0 Å². The first-order valence-corrected chi connectivity index (χ1v) is 7.62. The number of allylic oxidation sites excluding steroid dienone is 1. The molecule has 1 unspecified atom stereocenters. The number of benzene rings is 1. The molecule has 2 rings (SSSR count). The summed E-state index contributed by atoms with van der Waals surface area (Å²) in [6, 6.07) is 4.02. The maximum Gasteiger partial charge on any atom is 0.164 e. The molecule has 4 heteroatoms. The zero-order chi connectivity index (χ0) is 15.1. The Morgan fingerprint density at radius 2 is 2.29 bits per heavy atom. The maximum absolute atomic E-state index is 6.02. The van der Waals surface area contributed by atoms with Gasteiger partial charge in [-0.3, -0.25) is 0 Å². The SMILES string of the molecule is C=CCc1cc(CN)cc(OCC)c1OCC1CCCO1. The number of rotatable bonds is 8. The fourth-order valence-electron chi connectivity index (χ4n) is 2.53. The molecule has 2 N–H and O–H groups in total. The fourth-order valence-corrected chi connectivity index (χ4v) is 2.53. The highest BCUT2D eigenvalue weighted by molar-refractivity contribution is 5.50. The minimum Gasteiger partial charge on any atom is -0.490 e. The van der Waals surface area contributed by atoms with Gasteiger partial charge in [-0.1, -0.05) is 12.1 Å². The van der Waals surface area contributed by atoms with Crippen LogP contribution in [0.25, 0.3) is 0 Å². The summed E-state index contributed by atoms with van der Waals surface area (Å²) in [5.41, 5.74) is 7.87. The van der Waals surface area contributed by atoms with Crippen LogP contribution in [0.4, 0.5) is 0 Å². The second-order valence-corrected chi connectivity index (χ2v) is 5.16. The Hall–Kier alpha value is -1.52. The van der Waals surface area contributed by atoms with Crippen molar-refractivity contribution in [2.75, 3.05) is 19.8 Å². The van der Waals surface area contributed by atoms with Crippen LogP contribution in [0.5, 0.6) is 11.5 Å². The van der Waals surface area contributed by atoms with E-state index in [0.717, 1.165) is 48.5 Å². The second kappa shape index (κ2) is 8.05. The Kier molecular flexibility index (Phi) is 6.08. The fraction of sp³-hybridized carbons (Fsp3) is 0.529. The van der Waals surface area contributed by atoms with Crippen LogP contribution in [0, 0.1) is 0 Å². The van der Waals surface area contributed by atoms with Crippen LogP contribution in [0.15, 0.2) is 24.8 Å². The Bertz CT molecular complexity index is 467. The van der Waals surface area contributed by atoms with Crippen LogP contribution >= 0.6 is 0 Å². The summed E-state index contributed by atoms with van der Waals surface area (Å²) in [4.78, 5) is 0. The van der Waals surface area contributed by atoms with Crippen molar-refractivity contribution in [3.05, 3.63) is 35.9 Å². The highest BCUT2D eigenvalue weighted by Gasteiger charge is 2.19. The third-order valence-electron chi connectivity index (χ3n) is 3.53. The van der Waals surface area contributed by atoms with Crippen molar-refractivity contribution >= 4 is 0 Å². The van der Waals surface area contributed by atoms with Gasteiger partial charge in [0.15, 0.2) is 11.5 Å². The lowest BCUT2D eigenvalue weighted by Gasteiger charge is -2.19. The molecule has 1 aromatic carbocycles. The largest absolute Gasteiger partial charge is 0.490 e. The smallest absolute Gasteiger partial charge is 0.164 e. The van der Waals surface area contributed by atoms with Crippen molar-refractivity contribution in [1.82, 2.24) is 0 Å². The lowest BCUT2D eigenvalue weighted by Crippen LogP contribution is -2.17. The lowest BCUT2D eigenvalue weighted by molar-refractivity contribution is 0.0664. The van der Waals surface area contributed by atoms with E-state index in [9.17, 15) is 0 Å². The van der Waals surface area contributed by atoms with Gasteiger partial charge in [0.25, 0.3) is 0 Å². The van der Waals surface area contributed by atoms with Crippen molar-refractivity contribution in [3.63, 3.8) is 0 Å². The van der Waals surface area contributed by atoms with Gasteiger partial charge in [0.2, 0.25) is 0 Å². The lowest BCUT2D eigenvalue weighted by atomic mass is 10.1. The molecular weight excluding hydrogens is 266 g/mol. The van der Waals surface area contributed by atoms with E-state index in [4.69, 9.17) is 19.9 Å². The number of ether oxygens (including phenoxy) is 3. The highest BCUT2D eigenvalue weighted by atomic mass is 16.5. The van der Waals surface area contributed by atoms with E-state index in [1.54, 1.807) is 0 Å². The van der Waals surface area contributed by atoms with Gasteiger partial charge < -0.3 is 19.9 Å². The van der Waals surface area contributed by atoms with Gasteiger partial charge in [0.1, 0.15) is 6.61 Å². The first kappa shape index (κ1) is 15.9. The Morgan fingerprint density at radius 1 is 1.43 bits per heavy atom. The highest BCUT2D eigenvalue weighted by Crippen LogP contribution is 2.34. The number of hydrogen-bond donors (Lipinski definition) is 1. The third kappa shape index (κ3) is 4.22. The first-order valence-electron chi connectivity index (χ1n) is 7.62. The standard InChI is InChI=1S/C17H25NO3/c1-3-6-14-9-13(11-18)10-16(19-4-2)17(14)21-12-15-7-5-8-20-15/h3,9-10,15H,1,4-8,11-12,18H2,2H3. The molecule has 0 bridgehead atoms. The van der Waals surface area contributed by atoms with E-state index in [0.29, 0.717) is 19.8 Å². The monoisotopic (exact) mass is 291 g/mol. The summed E-state index contributed by atoms with van der Waals surface area (Å²) in [5.74, 6) is 1.56. The maximum atomic E-state index is 6.02. The molecule has 0 radical (unpaired) electrons. The molecule has 1 fully saturated rings. The van der Waals surface area contributed by atoms with Gasteiger partial charge in [-0.15, -0.1) is 6.58 Å². The molecule has 0 saturated carbocycles. The van der Waals surface area contributed by atoms with Crippen molar-refractivity contribution in [2.24, 2.45) is 5.73 Å². The molecule has 116 valence electrons. The molecule has 1 aliphatic heterocycles. The molecular formula is C17H25NO3. The summed E-state index contributed by atoms with van der Waals surface area (Å²) in [7, 11) is 0. The topological polar surface area (TPSA) is 53.7 Å². The molecule has 0 aromatic heterocycles. The molecule has 1 saturated heterocycles. The predicted octanol–water partition coefficient (Wildman–Crippen LogP) is 2.83. The van der Waals surface area contributed by atoms with E-state index in [1.165, 1.54) is 0 Å². The molecule has 1 atom stereocenters. The molecule has 4 nitrogen and oxygen atoms in total. The van der Waals surface area contributed by atoms with Crippen LogP contribution in [0.3, 0.4) is 0 Å². The summed E-state index contributed by atoms with van der Waals surface area (Å²) in [6.07, 6.45) is 4.95. The summed E-state index contributed by atoms with van der Waals surface area (Å²) < 4.78 is 17.4. The zero-order valence-corrected chi connectivity index (χ0v) is 12.8. The van der Waals surface area contributed by atoms with Gasteiger partial charge in [0.05, 0.1) is 12.7 Å². The van der Waals surface area contributed by atoms with Crippen LogP contribution in [-0.2, 0) is 17.7 Å².